The monoisotopic (exact) mass is 503 g/mol. The second-order valence-corrected chi connectivity index (χ2v) is 9.21. The number of nitrogens with zero attached hydrogens (tertiary/aromatic N) is 2. The molecule has 3 amide bonds. The highest BCUT2D eigenvalue weighted by Crippen LogP contribution is 2.34. The Morgan fingerprint density at radius 2 is 1.66 bits per heavy atom. The number of rotatable bonds is 9. The van der Waals surface area contributed by atoms with Crippen LogP contribution in [-0.2, 0) is 24.1 Å². The lowest BCUT2D eigenvalue weighted by Crippen LogP contribution is -2.48. The van der Waals surface area contributed by atoms with Crippen molar-refractivity contribution < 1.29 is 22.8 Å². The summed E-state index contributed by atoms with van der Waals surface area (Å²) >= 11 is 1.53. The number of nitrogens with one attached hydrogen (secondary N) is 1. The van der Waals surface area contributed by atoms with Crippen LogP contribution in [0.4, 0.5) is 23.7 Å². The molecule has 0 aliphatic carbocycles. The van der Waals surface area contributed by atoms with E-state index in [9.17, 15) is 22.8 Å². The number of para-hydroxylation sites is 1. The van der Waals surface area contributed by atoms with Gasteiger partial charge < -0.3 is 15.1 Å². The van der Waals surface area contributed by atoms with Gasteiger partial charge in [-0.25, -0.2) is 4.79 Å². The highest BCUT2D eigenvalue weighted by molar-refractivity contribution is 7.09. The molecule has 3 rings (SSSR count). The fourth-order valence-corrected chi connectivity index (χ4v) is 4.27. The number of carbonyl (C=O) groups is 2. The van der Waals surface area contributed by atoms with E-state index in [2.05, 4.69) is 5.32 Å². The molecule has 1 N–H and O–H groups in total. The van der Waals surface area contributed by atoms with Gasteiger partial charge in [-0.15, -0.1) is 11.3 Å². The van der Waals surface area contributed by atoms with Gasteiger partial charge in [0.05, 0.1) is 17.8 Å². The van der Waals surface area contributed by atoms with Crippen molar-refractivity contribution in [3.05, 3.63) is 88.1 Å². The number of urea groups is 1. The summed E-state index contributed by atoms with van der Waals surface area (Å²) in [5.74, 6) is -0.290. The molecule has 0 saturated carbocycles. The molecule has 35 heavy (non-hydrogen) atoms. The quantitative estimate of drug-likeness (QED) is 0.356. The van der Waals surface area contributed by atoms with Gasteiger partial charge in [0.25, 0.3) is 0 Å². The smallest absolute Gasteiger partial charge is 0.332 e. The molecule has 2 aromatic carbocycles. The van der Waals surface area contributed by atoms with E-state index in [1.165, 1.54) is 34.4 Å². The first-order valence-electron chi connectivity index (χ1n) is 11.3. The van der Waals surface area contributed by atoms with E-state index in [1.54, 1.807) is 11.8 Å². The van der Waals surface area contributed by atoms with Crippen LogP contribution in [0, 0.1) is 0 Å². The molecule has 5 nitrogen and oxygen atoms in total. The third-order valence-corrected chi connectivity index (χ3v) is 6.52. The Kier molecular flexibility index (Phi) is 8.92. The van der Waals surface area contributed by atoms with Gasteiger partial charge in [0.2, 0.25) is 5.91 Å². The Hall–Kier alpha value is -3.33. The van der Waals surface area contributed by atoms with Crippen LogP contribution >= 0.6 is 11.3 Å². The van der Waals surface area contributed by atoms with Gasteiger partial charge >= 0.3 is 12.2 Å². The number of anilines is 1. The minimum Gasteiger partial charge on any atom is -0.332 e. The molecule has 1 unspecified atom stereocenters. The first kappa shape index (κ1) is 26.3. The van der Waals surface area contributed by atoms with Gasteiger partial charge in [-0.3, -0.25) is 4.79 Å². The van der Waals surface area contributed by atoms with Gasteiger partial charge in [-0.2, -0.15) is 13.2 Å². The van der Waals surface area contributed by atoms with Gasteiger partial charge in [0.1, 0.15) is 6.54 Å². The van der Waals surface area contributed by atoms with Crippen molar-refractivity contribution in [2.24, 2.45) is 0 Å². The summed E-state index contributed by atoms with van der Waals surface area (Å²) in [5, 5.41) is 4.30. The van der Waals surface area contributed by atoms with Crippen LogP contribution in [0.2, 0.25) is 0 Å². The predicted molar refractivity (Wildman–Crippen MR) is 132 cm³/mol. The van der Waals surface area contributed by atoms with Crippen LogP contribution in [0.1, 0.15) is 36.3 Å². The molecule has 0 aliphatic rings. The lowest BCUT2D eigenvalue weighted by Gasteiger charge is -2.31. The average molecular weight is 504 g/mol. The predicted octanol–water partition coefficient (Wildman–Crippen LogP) is 6.63. The van der Waals surface area contributed by atoms with Gasteiger partial charge in [0, 0.05) is 17.5 Å². The highest BCUT2D eigenvalue weighted by Gasteiger charge is 2.34. The molecule has 9 heteroatoms. The largest absolute Gasteiger partial charge is 0.418 e. The molecule has 0 saturated heterocycles. The van der Waals surface area contributed by atoms with E-state index in [0.29, 0.717) is 19.5 Å². The number of amides is 3. The average Bonchev–Trinajstić information content (AvgIpc) is 3.35. The van der Waals surface area contributed by atoms with Crippen molar-refractivity contribution in [1.82, 2.24) is 9.80 Å². The van der Waals surface area contributed by atoms with Crippen LogP contribution < -0.4 is 5.32 Å². The first-order chi connectivity index (χ1) is 16.7. The summed E-state index contributed by atoms with van der Waals surface area (Å²) in [6, 6.07) is 17.0. The summed E-state index contributed by atoms with van der Waals surface area (Å²) in [6.07, 6.45) is -4.08. The Bertz CT molecular complexity index is 1100. The molecule has 1 heterocycles. The normalized spacial score (nSPS) is 12.1. The van der Waals surface area contributed by atoms with E-state index >= 15 is 0 Å². The molecule has 186 valence electrons. The van der Waals surface area contributed by atoms with Crippen molar-refractivity contribution in [2.75, 3.05) is 11.9 Å². The number of halogens is 3. The van der Waals surface area contributed by atoms with Crippen molar-refractivity contribution in [1.29, 1.82) is 0 Å². The minimum absolute atomic E-state index is 0.257. The van der Waals surface area contributed by atoms with Crippen LogP contribution in [0.5, 0.6) is 0 Å². The second-order valence-electron chi connectivity index (χ2n) is 8.17. The van der Waals surface area contributed by atoms with E-state index in [1.807, 2.05) is 54.8 Å². The molecular formula is C26H28F3N3O2S. The number of thiophene rings is 1. The summed E-state index contributed by atoms with van der Waals surface area (Å²) < 4.78 is 40.2. The molecule has 0 radical (unpaired) electrons. The van der Waals surface area contributed by atoms with Crippen molar-refractivity contribution in [3.8, 4) is 0 Å². The number of carbonyl (C=O) groups excluding carboxylic acids is 2. The molecule has 0 bridgehead atoms. The number of hydrogen-bond donors (Lipinski definition) is 1. The van der Waals surface area contributed by atoms with Crippen molar-refractivity contribution in [2.45, 2.75) is 45.6 Å². The van der Waals surface area contributed by atoms with E-state index in [-0.39, 0.29) is 24.2 Å². The molecule has 3 aromatic rings. The topological polar surface area (TPSA) is 52.7 Å². The maximum Gasteiger partial charge on any atom is 0.418 e. The van der Waals surface area contributed by atoms with Crippen LogP contribution in [0.25, 0.3) is 0 Å². The molecule has 0 aliphatic heterocycles. The lowest BCUT2D eigenvalue weighted by molar-refractivity contribution is -0.137. The van der Waals surface area contributed by atoms with Crippen LogP contribution in [0.3, 0.4) is 0 Å². The standard InChI is InChI=1S/C26H28F3N3O2S/c1-3-19(2)32(25(34)30-23-14-8-7-13-22(23)26(27,28)29)18-24(33)31(17-21-12-9-15-35-21)16-20-10-5-4-6-11-20/h4-15,19H,3,16-18H2,1-2H3,(H,30,34). The maximum absolute atomic E-state index is 13.4. The molecule has 1 atom stereocenters. The Morgan fingerprint density at radius 1 is 0.971 bits per heavy atom. The third-order valence-electron chi connectivity index (χ3n) is 5.66. The number of hydrogen-bond acceptors (Lipinski definition) is 3. The minimum atomic E-state index is -4.62. The second kappa shape index (κ2) is 11.9. The zero-order valence-electron chi connectivity index (χ0n) is 19.6. The summed E-state index contributed by atoms with van der Waals surface area (Å²) in [4.78, 5) is 30.5. The number of benzene rings is 2. The van der Waals surface area contributed by atoms with Gasteiger partial charge in [0.15, 0.2) is 0 Å². The Morgan fingerprint density at radius 3 is 2.29 bits per heavy atom. The van der Waals surface area contributed by atoms with E-state index in [4.69, 9.17) is 0 Å². The van der Waals surface area contributed by atoms with Gasteiger partial charge in [-0.05, 0) is 42.5 Å². The van der Waals surface area contributed by atoms with Crippen molar-refractivity contribution in [3.63, 3.8) is 0 Å². The fourth-order valence-electron chi connectivity index (χ4n) is 3.55. The van der Waals surface area contributed by atoms with E-state index < -0.39 is 17.8 Å². The molecule has 0 spiro atoms. The van der Waals surface area contributed by atoms with Crippen LogP contribution in [-0.4, -0.2) is 34.3 Å². The highest BCUT2D eigenvalue weighted by atomic mass is 32.1. The lowest BCUT2D eigenvalue weighted by atomic mass is 10.1. The summed E-state index contributed by atoms with van der Waals surface area (Å²) in [7, 11) is 0. The maximum atomic E-state index is 13.4. The number of alkyl halides is 3. The van der Waals surface area contributed by atoms with Gasteiger partial charge in [-0.1, -0.05) is 55.5 Å². The third kappa shape index (κ3) is 7.32. The summed E-state index contributed by atoms with van der Waals surface area (Å²) in [5.41, 5.74) is -0.339. The molecule has 1 aromatic heterocycles. The first-order valence-corrected chi connectivity index (χ1v) is 12.1. The Balaban J connectivity index is 1.81. The fraction of sp³-hybridized carbons (Fsp3) is 0.308. The SMILES string of the molecule is CCC(C)N(CC(=O)N(Cc1ccccc1)Cc1cccs1)C(=O)Nc1ccccc1C(F)(F)F. The zero-order chi connectivity index (χ0) is 25.4. The van der Waals surface area contributed by atoms with E-state index in [0.717, 1.165) is 16.5 Å². The van der Waals surface area contributed by atoms with Crippen molar-refractivity contribution >= 4 is 29.0 Å². The molecular weight excluding hydrogens is 475 g/mol. The molecule has 0 fully saturated rings. The Labute approximate surface area is 207 Å². The van der Waals surface area contributed by atoms with Crippen LogP contribution in [0.15, 0.2) is 72.1 Å². The summed E-state index contributed by atoms with van der Waals surface area (Å²) in [6.45, 7) is 4.09. The zero-order valence-corrected chi connectivity index (χ0v) is 20.4.